The molecule has 120 valence electrons. The molecule has 0 saturated carbocycles. The van der Waals surface area contributed by atoms with Gasteiger partial charge in [0.25, 0.3) is 0 Å². The number of rotatable bonds is 9. The van der Waals surface area contributed by atoms with Crippen molar-refractivity contribution < 1.29 is 14.3 Å². The van der Waals surface area contributed by atoms with Gasteiger partial charge in [-0.25, -0.2) is 4.79 Å². The van der Waals surface area contributed by atoms with Crippen LogP contribution in [0.4, 0.5) is 4.79 Å². The fourth-order valence-corrected chi connectivity index (χ4v) is 2.07. The first-order valence-electron chi connectivity index (χ1n) is 7.36. The zero-order valence-electron chi connectivity index (χ0n) is 12.7. The van der Waals surface area contributed by atoms with Gasteiger partial charge in [-0.05, 0) is 18.9 Å². The maximum Gasteiger partial charge on any atom is 0.326 e. The molecule has 7 nitrogen and oxygen atoms in total. The van der Waals surface area contributed by atoms with Crippen LogP contribution < -0.4 is 16.2 Å². The van der Waals surface area contributed by atoms with Crippen LogP contribution in [0.3, 0.4) is 0 Å². The monoisotopic (exact) mass is 306 g/mol. The lowest BCUT2D eigenvalue weighted by Gasteiger charge is -2.16. The van der Waals surface area contributed by atoms with Crippen molar-refractivity contribution in [3.63, 3.8) is 0 Å². The van der Waals surface area contributed by atoms with Gasteiger partial charge in [-0.1, -0.05) is 30.3 Å². The maximum atomic E-state index is 11.3. The summed E-state index contributed by atoms with van der Waals surface area (Å²) in [5.41, 5.74) is 7.59. The lowest BCUT2D eigenvalue weighted by Crippen LogP contribution is -2.35. The minimum absolute atomic E-state index is 0.0766. The third kappa shape index (κ3) is 5.10. The Morgan fingerprint density at radius 3 is 2.77 bits per heavy atom. The molecule has 7 heteroatoms. The van der Waals surface area contributed by atoms with E-state index in [1.54, 1.807) is 0 Å². The third-order valence-electron chi connectivity index (χ3n) is 3.32. The number of ether oxygens (including phenoxy) is 1. The quantitative estimate of drug-likeness (QED) is 0.356. The van der Waals surface area contributed by atoms with Crippen molar-refractivity contribution >= 4 is 11.9 Å². The summed E-state index contributed by atoms with van der Waals surface area (Å²) < 4.78 is 5.37. The van der Waals surface area contributed by atoms with E-state index in [0.717, 1.165) is 13.0 Å². The van der Waals surface area contributed by atoms with Crippen LogP contribution in [0.25, 0.3) is 0 Å². The zero-order chi connectivity index (χ0) is 15.8. The average Bonchev–Trinajstić information content (AvgIpc) is 2.84. The van der Waals surface area contributed by atoms with Crippen LogP contribution in [0.2, 0.25) is 0 Å². The number of urea groups is 1. The maximum absolute atomic E-state index is 11.3. The van der Waals surface area contributed by atoms with Crippen LogP contribution in [0.15, 0.2) is 30.3 Å². The molecule has 0 bridgehead atoms. The predicted octanol–water partition coefficient (Wildman–Crippen LogP) is 0.758. The van der Waals surface area contributed by atoms with Crippen molar-refractivity contribution in [2.24, 2.45) is 0 Å². The van der Waals surface area contributed by atoms with Gasteiger partial charge in [-0.2, -0.15) is 0 Å². The number of nitrogens with zero attached hydrogens (tertiary/aromatic N) is 1. The van der Waals surface area contributed by atoms with Gasteiger partial charge in [-0.15, -0.1) is 0 Å². The Hall–Kier alpha value is -1.96. The van der Waals surface area contributed by atoms with Gasteiger partial charge in [0.05, 0.1) is 6.61 Å². The summed E-state index contributed by atoms with van der Waals surface area (Å²) >= 11 is 0. The molecular formula is C15H22N4O3. The summed E-state index contributed by atoms with van der Waals surface area (Å²) in [6.07, 6.45) is 0.803. The molecule has 1 aliphatic heterocycles. The Bertz CT molecular complexity index is 495. The molecule has 3 amide bonds. The van der Waals surface area contributed by atoms with Crippen molar-refractivity contribution in [1.29, 1.82) is 0 Å². The molecule has 0 aromatic heterocycles. The first-order valence-corrected chi connectivity index (χ1v) is 7.36. The second-order valence-electron chi connectivity index (χ2n) is 5.15. The number of carbonyl (C=O) groups is 2. The van der Waals surface area contributed by atoms with Crippen molar-refractivity contribution in [1.82, 2.24) is 21.1 Å². The Morgan fingerprint density at radius 1 is 1.32 bits per heavy atom. The van der Waals surface area contributed by atoms with Gasteiger partial charge >= 0.3 is 6.03 Å². The van der Waals surface area contributed by atoms with Gasteiger partial charge < -0.3 is 4.74 Å². The molecule has 0 radical (unpaired) electrons. The van der Waals surface area contributed by atoms with Crippen LogP contribution in [0.1, 0.15) is 24.9 Å². The Morgan fingerprint density at radius 2 is 2.09 bits per heavy atom. The lowest BCUT2D eigenvalue weighted by molar-refractivity contribution is -0.118. The van der Waals surface area contributed by atoms with Crippen LogP contribution in [0.5, 0.6) is 0 Å². The molecule has 1 atom stereocenters. The molecule has 1 aromatic carbocycles. The topological polar surface area (TPSA) is 82.7 Å². The molecule has 2 rings (SSSR count). The van der Waals surface area contributed by atoms with Gasteiger partial charge in [0.2, 0.25) is 5.91 Å². The van der Waals surface area contributed by atoms with E-state index in [2.05, 4.69) is 35.2 Å². The van der Waals surface area contributed by atoms with E-state index in [4.69, 9.17) is 4.74 Å². The van der Waals surface area contributed by atoms with Gasteiger partial charge in [0.15, 0.2) is 0 Å². The van der Waals surface area contributed by atoms with Crippen LogP contribution >= 0.6 is 0 Å². The summed E-state index contributed by atoms with van der Waals surface area (Å²) in [6, 6.07) is 10.0. The van der Waals surface area contributed by atoms with Gasteiger partial charge in [-0.3, -0.25) is 25.9 Å². The zero-order valence-corrected chi connectivity index (χ0v) is 12.7. The van der Waals surface area contributed by atoms with Crippen LogP contribution in [0, 0.1) is 0 Å². The minimum atomic E-state index is -0.388. The van der Waals surface area contributed by atoms with E-state index in [1.165, 1.54) is 10.5 Å². The molecule has 1 heterocycles. The molecule has 1 aliphatic rings. The Balaban J connectivity index is 1.49. The van der Waals surface area contributed by atoms with Gasteiger partial charge in [0, 0.05) is 12.6 Å². The fourth-order valence-electron chi connectivity index (χ4n) is 2.07. The fraction of sp³-hybridized carbons (Fsp3) is 0.467. The van der Waals surface area contributed by atoms with E-state index in [1.807, 2.05) is 18.2 Å². The predicted molar refractivity (Wildman–Crippen MR) is 81.7 cm³/mol. The first kappa shape index (κ1) is 16.4. The number of hydrazine groups is 1. The van der Waals surface area contributed by atoms with Crippen LogP contribution in [-0.4, -0.2) is 43.3 Å². The van der Waals surface area contributed by atoms with E-state index in [0.29, 0.717) is 6.61 Å². The third-order valence-corrected chi connectivity index (χ3v) is 3.32. The van der Waals surface area contributed by atoms with Crippen molar-refractivity contribution in [3.8, 4) is 0 Å². The molecule has 1 aromatic rings. The Kier molecular flexibility index (Phi) is 6.32. The number of nitrogens with one attached hydrogen (secondary N) is 3. The summed E-state index contributed by atoms with van der Waals surface area (Å²) in [4.78, 5) is 23.6. The summed E-state index contributed by atoms with van der Waals surface area (Å²) in [6.45, 7) is 3.58. The highest BCUT2D eigenvalue weighted by atomic mass is 16.5. The number of benzene rings is 1. The number of hydrogen-bond acceptors (Lipinski definition) is 5. The number of carbonyl (C=O) groups excluding carboxylic acids is 2. The van der Waals surface area contributed by atoms with E-state index >= 15 is 0 Å². The minimum Gasteiger partial charge on any atom is -0.361 e. The first-order chi connectivity index (χ1) is 10.7. The molecule has 3 N–H and O–H groups in total. The van der Waals surface area contributed by atoms with Crippen molar-refractivity contribution in [2.45, 2.75) is 19.4 Å². The molecule has 1 fully saturated rings. The van der Waals surface area contributed by atoms with Crippen molar-refractivity contribution in [2.75, 3.05) is 26.4 Å². The van der Waals surface area contributed by atoms with Gasteiger partial charge in [0.1, 0.15) is 13.3 Å². The highest BCUT2D eigenvalue weighted by Crippen LogP contribution is 2.09. The second-order valence-corrected chi connectivity index (χ2v) is 5.15. The van der Waals surface area contributed by atoms with E-state index < -0.39 is 0 Å². The molecule has 1 unspecified atom stereocenters. The molecule has 0 spiro atoms. The number of hydrogen-bond donors (Lipinski definition) is 3. The van der Waals surface area contributed by atoms with Crippen molar-refractivity contribution in [3.05, 3.63) is 35.9 Å². The molecular weight excluding hydrogens is 284 g/mol. The largest absolute Gasteiger partial charge is 0.361 e. The van der Waals surface area contributed by atoms with E-state index in [9.17, 15) is 9.59 Å². The molecule has 22 heavy (non-hydrogen) atoms. The van der Waals surface area contributed by atoms with Crippen LogP contribution in [-0.2, 0) is 9.53 Å². The molecule has 1 saturated heterocycles. The highest BCUT2D eigenvalue weighted by Gasteiger charge is 2.26. The normalized spacial score (nSPS) is 16.0. The summed E-state index contributed by atoms with van der Waals surface area (Å²) in [5.74, 6) is -0.283. The number of amides is 3. The Labute approximate surface area is 130 Å². The highest BCUT2D eigenvalue weighted by molar-refractivity contribution is 6.01. The summed E-state index contributed by atoms with van der Waals surface area (Å²) in [5, 5.41) is 2.20. The van der Waals surface area contributed by atoms with E-state index in [-0.39, 0.29) is 31.3 Å². The summed E-state index contributed by atoms with van der Waals surface area (Å²) in [7, 11) is 0. The SMILES string of the molecule is CC(NNCCCOCN1CC(=O)NC1=O)c1ccccc1. The lowest BCUT2D eigenvalue weighted by atomic mass is 10.1. The smallest absolute Gasteiger partial charge is 0.326 e. The average molecular weight is 306 g/mol. The number of imide groups is 1. The standard InChI is InChI=1S/C15H22N4O3/c1-12(13-6-3-2-4-7-13)18-16-8-5-9-22-11-19-10-14(20)17-15(19)21/h2-4,6-7,12,16,18H,5,8-11H2,1H3,(H,17,20,21). The molecule has 0 aliphatic carbocycles. The second kappa shape index (κ2) is 8.47.